The molecule has 0 radical (unpaired) electrons. The molecule has 1 aromatic carbocycles. The van der Waals surface area contributed by atoms with Crippen LogP contribution in [0.5, 0.6) is 11.5 Å². The molecule has 212 valence electrons. The van der Waals surface area contributed by atoms with Gasteiger partial charge in [0.2, 0.25) is 5.91 Å². The van der Waals surface area contributed by atoms with E-state index in [1.165, 1.54) is 20.3 Å². The van der Waals surface area contributed by atoms with Crippen molar-refractivity contribution in [3.63, 3.8) is 0 Å². The van der Waals surface area contributed by atoms with Gasteiger partial charge in [0.15, 0.2) is 11.6 Å². The van der Waals surface area contributed by atoms with Gasteiger partial charge in [0, 0.05) is 18.7 Å². The standard InChI is InChI=1S/C29H43FN2O6/c1-7-28(2,3)17-31-25(33)19-9-8-10-22(19)32-26(34)20-15-24(21(30)16-23(20)36-5)38-18-11-13-29(4,14-12-18)27(35)37-6/h15-16,18-19,22H,7-14,17H2,1-6H3,(H,31,33)(H,32,34)/t18-,19-,22+,29+/m0/s1. The van der Waals surface area contributed by atoms with E-state index in [4.69, 9.17) is 14.2 Å². The van der Waals surface area contributed by atoms with Gasteiger partial charge in [0.05, 0.1) is 37.2 Å². The van der Waals surface area contributed by atoms with Gasteiger partial charge in [-0.15, -0.1) is 0 Å². The predicted molar refractivity (Wildman–Crippen MR) is 142 cm³/mol. The first-order chi connectivity index (χ1) is 17.9. The second kappa shape index (κ2) is 12.3. The molecule has 38 heavy (non-hydrogen) atoms. The second-order valence-electron chi connectivity index (χ2n) is 11.7. The lowest BCUT2D eigenvalue weighted by atomic mass is 9.75. The Bertz CT molecular complexity index is 1020. The number of hydrogen-bond donors (Lipinski definition) is 2. The van der Waals surface area contributed by atoms with Crippen LogP contribution in [0.15, 0.2) is 12.1 Å². The van der Waals surface area contributed by atoms with Gasteiger partial charge in [0.1, 0.15) is 5.75 Å². The molecule has 2 aliphatic carbocycles. The van der Waals surface area contributed by atoms with Gasteiger partial charge in [-0.3, -0.25) is 14.4 Å². The quantitative estimate of drug-likeness (QED) is 0.419. The molecular formula is C29H43FN2O6. The highest BCUT2D eigenvalue weighted by atomic mass is 19.1. The van der Waals surface area contributed by atoms with Crippen LogP contribution in [0.1, 0.15) is 89.4 Å². The van der Waals surface area contributed by atoms with Crippen LogP contribution in [0.25, 0.3) is 0 Å². The van der Waals surface area contributed by atoms with Gasteiger partial charge in [-0.05, 0) is 63.4 Å². The summed E-state index contributed by atoms with van der Waals surface area (Å²) in [5.74, 6) is -1.63. The highest BCUT2D eigenvalue weighted by Crippen LogP contribution is 2.39. The molecule has 0 unspecified atom stereocenters. The molecule has 0 spiro atoms. The number of ether oxygens (including phenoxy) is 3. The number of rotatable bonds is 10. The fraction of sp³-hybridized carbons (Fsp3) is 0.690. The molecule has 3 rings (SSSR count). The van der Waals surface area contributed by atoms with E-state index in [2.05, 4.69) is 31.4 Å². The minimum Gasteiger partial charge on any atom is -0.496 e. The molecule has 2 atom stereocenters. The van der Waals surface area contributed by atoms with Crippen LogP contribution in [0, 0.1) is 22.6 Å². The second-order valence-corrected chi connectivity index (χ2v) is 11.7. The number of halogens is 1. The van der Waals surface area contributed by atoms with Crippen molar-refractivity contribution in [2.75, 3.05) is 20.8 Å². The molecule has 0 aliphatic heterocycles. The van der Waals surface area contributed by atoms with E-state index in [0.717, 1.165) is 18.9 Å². The fourth-order valence-corrected chi connectivity index (χ4v) is 5.22. The van der Waals surface area contributed by atoms with Crippen molar-refractivity contribution in [2.45, 2.75) is 91.2 Å². The van der Waals surface area contributed by atoms with E-state index in [1.807, 2.05) is 6.92 Å². The Morgan fingerprint density at radius 1 is 1.08 bits per heavy atom. The van der Waals surface area contributed by atoms with Crippen LogP contribution in [0.2, 0.25) is 0 Å². The third kappa shape index (κ3) is 6.97. The van der Waals surface area contributed by atoms with Gasteiger partial charge in [0.25, 0.3) is 5.91 Å². The molecule has 1 aromatic rings. The molecule has 2 fully saturated rings. The highest BCUT2D eigenvalue weighted by molar-refractivity contribution is 5.98. The minimum atomic E-state index is -0.628. The first-order valence-corrected chi connectivity index (χ1v) is 13.6. The third-order valence-corrected chi connectivity index (χ3v) is 8.37. The topological polar surface area (TPSA) is 103 Å². The SMILES string of the molecule is CCC(C)(C)CNC(=O)[C@H]1CCC[C@H]1NC(=O)c1cc(O[C@H]2CC[C@@](C)(C(=O)OC)CC2)c(F)cc1OC. The lowest BCUT2D eigenvalue weighted by Gasteiger charge is -2.35. The lowest BCUT2D eigenvalue weighted by Crippen LogP contribution is -2.45. The molecule has 8 nitrogen and oxygen atoms in total. The summed E-state index contributed by atoms with van der Waals surface area (Å²) in [5, 5.41) is 6.03. The maximum absolute atomic E-state index is 14.9. The number of esters is 1. The van der Waals surface area contributed by atoms with Crippen LogP contribution >= 0.6 is 0 Å². The zero-order chi connectivity index (χ0) is 28.1. The molecule has 2 N–H and O–H groups in total. The Hall–Kier alpha value is -2.84. The smallest absolute Gasteiger partial charge is 0.311 e. The average molecular weight is 535 g/mol. The van der Waals surface area contributed by atoms with Crippen molar-refractivity contribution < 1.29 is 33.0 Å². The molecule has 0 bridgehead atoms. The van der Waals surface area contributed by atoms with Gasteiger partial charge in [-0.2, -0.15) is 0 Å². The summed E-state index contributed by atoms with van der Waals surface area (Å²) in [5.41, 5.74) is -0.423. The Kier molecular flexibility index (Phi) is 9.65. The van der Waals surface area contributed by atoms with Gasteiger partial charge < -0.3 is 24.8 Å². The molecule has 2 saturated carbocycles. The maximum Gasteiger partial charge on any atom is 0.311 e. The fourth-order valence-electron chi connectivity index (χ4n) is 5.22. The van der Waals surface area contributed by atoms with Crippen molar-refractivity contribution in [3.8, 4) is 11.5 Å². The van der Waals surface area contributed by atoms with Crippen LogP contribution < -0.4 is 20.1 Å². The van der Waals surface area contributed by atoms with E-state index in [1.54, 1.807) is 0 Å². The molecule has 0 heterocycles. The van der Waals surface area contributed by atoms with Crippen molar-refractivity contribution in [3.05, 3.63) is 23.5 Å². The number of benzene rings is 1. The Morgan fingerprint density at radius 2 is 1.76 bits per heavy atom. The molecular weight excluding hydrogens is 491 g/mol. The summed E-state index contributed by atoms with van der Waals surface area (Å²) in [6, 6.07) is 2.20. The lowest BCUT2D eigenvalue weighted by molar-refractivity contribution is -0.154. The van der Waals surface area contributed by atoms with Crippen LogP contribution in [-0.4, -0.2) is 50.7 Å². The zero-order valence-electron chi connectivity index (χ0n) is 23.6. The minimum absolute atomic E-state index is 0.00114. The van der Waals surface area contributed by atoms with Gasteiger partial charge in [-0.25, -0.2) is 4.39 Å². The summed E-state index contributed by atoms with van der Waals surface area (Å²) in [7, 11) is 2.75. The Labute approximate surface area is 225 Å². The molecule has 9 heteroatoms. The van der Waals surface area contributed by atoms with Crippen molar-refractivity contribution in [1.82, 2.24) is 10.6 Å². The number of carbonyl (C=O) groups is 3. The van der Waals surface area contributed by atoms with Crippen molar-refractivity contribution in [1.29, 1.82) is 0 Å². The van der Waals surface area contributed by atoms with Gasteiger partial charge in [-0.1, -0.05) is 27.2 Å². The number of carbonyl (C=O) groups excluding carboxylic acids is 3. The van der Waals surface area contributed by atoms with Crippen molar-refractivity contribution in [2.24, 2.45) is 16.7 Å². The van der Waals surface area contributed by atoms with Crippen LogP contribution in [0.3, 0.4) is 0 Å². The summed E-state index contributed by atoms with van der Waals surface area (Å²) < 4.78 is 31.1. The maximum atomic E-state index is 14.9. The Balaban J connectivity index is 1.69. The zero-order valence-corrected chi connectivity index (χ0v) is 23.6. The summed E-state index contributed by atoms with van der Waals surface area (Å²) in [6.07, 6.45) is 5.13. The van der Waals surface area contributed by atoms with Gasteiger partial charge >= 0.3 is 5.97 Å². The van der Waals surface area contributed by atoms with E-state index >= 15 is 0 Å². The summed E-state index contributed by atoms with van der Waals surface area (Å²) in [4.78, 5) is 38.3. The highest BCUT2D eigenvalue weighted by Gasteiger charge is 2.39. The molecule has 0 saturated heterocycles. The summed E-state index contributed by atoms with van der Waals surface area (Å²) >= 11 is 0. The van der Waals surface area contributed by atoms with E-state index in [-0.39, 0.29) is 52.4 Å². The number of amides is 2. The number of nitrogens with one attached hydrogen (secondary N) is 2. The normalized spacial score (nSPS) is 25.4. The molecule has 0 aromatic heterocycles. The predicted octanol–water partition coefficient (Wildman–Crippen LogP) is 4.79. The Morgan fingerprint density at radius 3 is 2.37 bits per heavy atom. The largest absolute Gasteiger partial charge is 0.496 e. The third-order valence-electron chi connectivity index (χ3n) is 8.37. The van der Waals surface area contributed by atoms with Crippen LogP contribution in [0.4, 0.5) is 4.39 Å². The first-order valence-electron chi connectivity index (χ1n) is 13.6. The average Bonchev–Trinajstić information content (AvgIpc) is 3.37. The monoisotopic (exact) mass is 534 g/mol. The van der Waals surface area contributed by atoms with E-state index in [9.17, 15) is 18.8 Å². The number of hydrogen-bond acceptors (Lipinski definition) is 6. The van der Waals surface area contributed by atoms with Crippen LogP contribution in [-0.2, 0) is 14.3 Å². The summed E-state index contributed by atoms with van der Waals surface area (Å²) in [6.45, 7) is 8.74. The van der Waals surface area contributed by atoms with E-state index < -0.39 is 17.1 Å². The van der Waals surface area contributed by atoms with Crippen molar-refractivity contribution >= 4 is 17.8 Å². The van der Waals surface area contributed by atoms with E-state index in [0.29, 0.717) is 45.1 Å². The first kappa shape index (κ1) is 29.7. The molecule has 2 aliphatic rings. The number of methoxy groups -OCH3 is 2. The molecule has 2 amide bonds.